The molecule has 0 saturated carbocycles. The minimum atomic E-state index is 0.311. The Morgan fingerprint density at radius 1 is 1.57 bits per heavy atom. The third kappa shape index (κ3) is 2.37. The molecule has 0 saturated heterocycles. The Hall–Kier alpha value is -0.790. The van der Waals surface area contributed by atoms with E-state index in [1.807, 2.05) is 32.2 Å². The lowest BCUT2D eigenvalue weighted by Crippen LogP contribution is -2.16. The Bertz CT molecular complexity index is 320. The lowest BCUT2D eigenvalue weighted by Gasteiger charge is -2.17. The summed E-state index contributed by atoms with van der Waals surface area (Å²) < 4.78 is 0. The summed E-state index contributed by atoms with van der Waals surface area (Å²) >= 11 is 6.06. The zero-order valence-corrected chi connectivity index (χ0v) is 9.43. The molecule has 0 amide bonds. The third-order valence-corrected chi connectivity index (χ3v) is 2.85. The molecule has 1 N–H and O–H groups in total. The fourth-order valence-corrected chi connectivity index (χ4v) is 1.75. The van der Waals surface area contributed by atoms with Crippen molar-refractivity contribution in [3.8, 4) is 0 Å². The van der Waals surface area contributed by atoms with Crippen LogP contribution < -0.4 is 5.32 Å². The molecular formula is C12H16ClN. The second-order valence-corrected chi connectivity index (χ2v) is 3.73. The lowest BCUT2D eigenvalue weighted by atomic mass is 9.99. The van der Waals surface area contributed by atoms with Gasteiger partial charge in [0.05, 0.1) is 0 Å². The minimum absolute atomic E-state index is 0.311. The van der Waals surface area contributed by atoms with Gasteiger partial charge >= 0.3 is 0 Å². The van der Waals surface area contributed by atoms with Crippen LogP contribution in [0.2, 0.25) is 5.02 Å². The Morgan fingerprint density at radius 2 is 2.29 bits per heavy atom. The number of hydrogen-bond acceptors (Lipinski definition) is 1. The number of rotatable bonds is 4. The number of hydrogen-bond donors (Lipinski definition) is 1. The van der Waals surface area contributed by atoms with E-state index in [1.165, 1.54) is 5.56 Å². The molecule has 0 aliphatic carbocycles. The van der Waals surface area contributed by atoms with E-state index in [1.54, 1.807) is 0 Å². The first-order chi connectivity index (χ1) is 6.70. The molecule has 1 nitrogen and oxygen atoms in total. The average molecular weight is 210 g/mol. The topological polar surface area (TPSA) is 12.0 Å². The fourth-order valence-electron chi connectivity index (χ4n) is 1.57. The molecular weight excluding hydrogens is 194 g/mol. The summed E-state index contributed by atoms with van der Waals surface area (Å²) in [7, 11) is 1.95. The van der Waals surface area contributed by atoms with Crippen LogP contribution in [-0.4, -0.2) is 7.05 Å². The molecule has 1 aromatic rings. The van der Waals surface area contributed by atoms with Gasteiger partial charge in [0.2, 0.25) is 0 Å². The van der Waals surface area contributed by atoms with E-state index in [2.05, 4.69) is 18.0 Å². The van der Waals surface area contributed by atoms with Gasteiger partial charge in [0.15, 0.2) is 0 Å². The van der Waals surface area contributed by atoms with Crippen LogP contribution in [-0.2, 0) is 0 Å². The Balaban J connectivity index is 3.03. The molecule has 76 valence electrons. The van der Waals surface area contributed by atoms with Crippen molar-refractivity contribution in [1.82, 2.24) is 5.32 Å². The van der Waals surface area contributed by atoms with Crippen molar-refractivity contribution in [3.05, 3.63) is 47.0 Å². The molecule has 1 aromatic carbocycles. The van der Waals surface area contributed by atoms with Gasteiger partial charge < -0.3 is 5.32 Å². The zero-order chi connectivity index (χ0) is 10.6. The second kappa shape index (κ2) is 5.18. The van der Waals surface area contributed by atoms with E-state index in [9.17, 15) is 0 Å². The van der Waals surface area contributed by atoms with Crippen molar-refractivity contribution in [2.75, 3.05) is 7.05 Å². The number of benzene rings is 1. The quantitative estimate of drug-likeness (QED) is 0.749. The van der Waals surface area contributed by atoms with Crippen LogP contribution in [0.25, 0.3) is 0 Å². The number of nitrogens with one attached hydrogen (secondary N) is 1. The summed E-state index contributed by atoms with van der Waals surface area (Å²) in [5.74, 6) is 0. The largest absolute Gasteiger partial charge is 0.313 e. The molecule has 14 heavy (non-hydrogen) atoms. The van der Waals surface area contributed by atoms with Crippen LogP contribution >= 0.6 is 11.6 Å². The average Bonchev–Trinajstić information content (AvgIpc) is 2.19. The van der Waals surface area contributed by atoms with E-state index in [-0.39, 0.29) is 0 Å². The highest BCUT2D eigenvalue weighted by atomic mass is 35.5. The van der Waals surface area contributed by atoms with Crippen molar-refractivity contribution in [3.63, 3.8) is 0 Å². The summed E-state index contributed by atoms with van der Waals surface area (Å²) in [6.07, 6.45) is 2.83. The Labute approximate surface area is 90.8 Å². The van der Waals surface area contributed by atoms with E-state index in [0.717, 1.165) is 17.0 Å². The van der Waals surface area contributed by atoms with E-state index < -0.39 is 0 Å². The molecule has 2 heteroatoms. The molecule has 0 aliphatic rings. The predicted molar refractivity (Wildman–Crippen MR) is 62.8 cm³/mol. The van der Waals surface area contributed by atoms with Crippen LogP contribution in [0.1, 0.15) is 23.6 Å². The molecule has 0 heterocycles. The van der Waals surface area contributed by atoms with Crippen molar-refractivity contribution in [1.29, 1.82) is 0 Å². The molecule has 0 fully saturated rings. The first kappa shape index (κ1) is 11.3. The van der Waals surface area contributed by atoms with Gasteiger partial charge in [-0.05, 0) is 37.6 Å². The van der Waals surface area contributed by atoms with Crippen LogP contribution in [0.15, 0.2) is 30.9 Å². The normalized spacial score (nSPS) is 12.5. The van der Waals surface area contributed by atoms with Crippen molar-refractivity contribution in [2.45, 2.75) is 19.4 Å². The first-order valence-corrected chi connectivity index (χ1v) is 5.11. The van der Waals surface area contributed by atoms with Crippen LogP contribution in [0.5, 0.6) is 0 Å². The third-order valence-electron chi connectivity index (χ3n) is 2.44. The fraction of sp³-hybridized carbons (Fsp3) is 0.333. The second-order valence-electron chi connectivity index (χ2n) is 3.32. The van der Waals surface area contributed by atoms with E-state index >= 15 is 0 Å². The van der Waals surface area contributed by atoms with Crippen molar-refractivity contribution in [2.24, 2.45) is 0 Å². The maximum absolute atomic E-state index is 6.06. The molecule has 0 aromatic heterocycles. The SMILES string of the molecule is C=CCC(NC)c1cccc(Cl)c1C. The maximum Gasteiger partial charge on any atom is 0.0438 e. The van der Waals surface area contributed by atoms with Gasteiger partial charge in [-0.15, -0.1) is 6.58 Å². The van der Waals surface area contributed by atoms with Gasteiger partial charge in [-0.25, -0.2) is 0 Å². The van der Waals surface area contributed by atoms with Crippen molar-refractivity contribution < 1.29 is 0 Å². The highest BCUT2D eigenvalue weighted by Gasteiger charge is 2.10. The zero-order valence-electron chi connectivity index (χ0n) is 8.68. The molecule has 1 rings (SSSR count). The highest BCUT2D eigenvalue weighted by molar-refractivity contribution is 6.31. The van der Waals surface area contributed by atoms with Gasteiger partial charge in [0, 0.05) is 11.1 Å². The monoisotopic (exact) mass is 209 g/mol. The highest BCUT2D eigenvalue weighted by Crippen LogP contribution is 2.25. The summed E-state index contributed by atoms with van der Waals surface area (Å²) in [5, 5.41) is 4.08. The molecule has 1 atom stereocenters. The van der Waals surface area contributed by atoms with Gasteiger partial charge in [-0.1, -0.05) is 29.8 Å². The summed E-state index contributed by atoms with van der Waals surface area (Å²) in [4.78, 5) is 0. The first-order valence-electron chi connectivity index (χ1n) is 4.74. The Morgan fingerprint density at radius 3 is 2.86 bits per heavy atom. The smallest absolute Gasteiger partial charge is 0.0438 e. The van der Waals surface area contributed by atoms with E-state index in [4.69, 9.17) is 11.6 Å². The number of halogens is 1. The predicted octanol–water partition coefficient (Wildman–Crippen LogP) is 3.49. The van der Waals surface area contributed by atoms with Gasteiger partial charge in [-0.3, -0.25) is 0 Å². The molecule has 0 bridgehead atoms. The molecule has 0 spiro atoms. The molecule has 0 aliphatic heterocycles. The maximum atomic E-state index is 6.06. The van der Waals surface area contributed by atoms with Gasteiger partial charge in [0.25, 0.3) is 0 Å². The van der Waals surface area contributed by atoms with E-state index in [0.29, 0.717) is 6.04 Å². The summed E-state index contributed by atoms with van der Waals surface area (Å²) in [6.45, 7) is 5.80. The van der Waals surface area contributed by atoms with Crippen molar-refractivity contribution >= 4 is 11.6 Å². The van der Waals surface area contributed by atoms with Gasteiger partial charge in [0.1, 0.15) is 0 Å². The van der Waals surface area contributed by atoms with Gasteiger partial charge in [-0.2, -0.15) is 0 Å². The summed E-state index contributed by atoms with van der Waals surface area (Å²) in [6, 6.07) is 6.32. The van der Waals surface area contributed by atoms with Crippen LogP contribution in [0, 0.1) is 6.92 Å². The lowest BCUT2D eigenvalue weighted by molar-refractivity contribution is 0.600. The van der Waals surface area contributed by atoms with Crippen LogP contribution in [0.4, 0.5) is 0 Å². The summed E-state index contributed by atoms with van der Waals surface area (Å²) in [5.41, 5.74) is 2.40. The molecule has 0 radical (unpaired) electrons. The minimum Gasteiger partial charge on any atom is -0.313 e. The Kier molecular flexibility index (Phi) is 4.18. The standard InChI is InChI=1S/C12H16ClN/c1-4-6-12(14-3)10-7-5-8-11(13)9(10)2/h4-5,7-8,12,14H,1,6H2,2-3H3. The molecule has 1 unspecified atom stereocenters. The van der Waals surface area contributed by atoms with Crippen LogP contribution in [0.3, 0.4) is 0 Å².